The van der Waals surface area contributed by atoms with Gasteiger partial charge in [-0.25, -0.2) is 4.98 Å². The summed E-state index contributed by atoms with van der Waals surface area (Å²) >= 11 is 0. The van der Waals surface area contributed by atoms with Crippen LogP contribution < -0.4 is 10.2 Å². The summed E-state index contributed by atoms with van der Waals surface area (Å²) in [5, 5.41) is 3.06. The van der Waals surface area contributed by atoms with Crippen molar-refractivity contribution in [1.29, 1.82) is 0 Å². The van der Waals surface area contributed by atoms with Crippen LogP contribution in [0.25, 0.3) is 0 Å². The van der Waals surface area contributed by atoms with Crippen molar-refractivity contribution in [2.45, 2.75) is 44.9 Å². The lowest BCUT2D eigenvalue weighted by molar-refractivity contribution is 0.144. The standard InChI is InChI=1S/C15H24N4/c1-16-13-11-17-12-14(18-13)19-9-7-15(8-10-19)5-3-2-4-6-15/h11-12H,2-10H2,1H3,(H,16,18). The van der Waals surface area contributed by atoms with E-state index in [0.717, 1.165) is 24.7 Å². The quantitative estimate of drug-likeness (QED) is 0.887. The van der Waals surface area contributed by atoms with E-state index in [4.69, 9.17) is 0 Å². The molecule has 1 aliphatic heterocycles. The highest BCUT2D eigenvalue weighted by atomic mass is 15.2. The van der Waals surface area contributed by atoms with Gasteiger partial charge in [-0.05, 0) is 31.1 Å². The molecule has 0 unspecified atom stereocenters. The maximum Gasteiger partial charge on any atom is 0.149 e. The first-order chi connectivity index (χ1) is 9.31. The van der Waals surface area contributed by atoms with Crippen LogP contribution in [0.4, 0.5) is 11.6 Å². The molecule has 0 radical (unpaired) electrons. The SMILES string of the molecule is CNc1cncc(N2CCC3(CCCCC3)CC2)n1. The van der Waals surface area contributed by atoms with Gasteiger partial charge in [0.05, 0.1) is 12.4 Å². The smallest absolute Gasteiger partial charge is 0.149 e. The molecular weight excluding hydrogens is 236 g/mol. The van der Waals surface area contributed by atoms with Gasteiger partial charge < -0.3 is 10.2 Å². The lowest BCUT2D eigenvalue weighted by Crippen LogP contribution is -2.41. The van der Waals surface area contributed by atoms with Gasteiger partial charge in [0, 0.05) is 20.1 Å². The Labute approximate surface area is 115 Å². The second-order valence-electron chi connectivity index (χ2n) is 6.06. The minimum Gasteiger partial charge on any atom is -0.372 e. The third-order valence-corrected chi connectivity index (χ3v) is 4.94. The first kappa shape index (κ1) is 12.7. The molecule has 1 saturated carbocycles. The summed E-state index contributed by atoms with van der Waals surface area (Å²) in [6, 6.07) is 0. The van der Waals surface area contributed by atoms with Gasteiger partial charge in [-0.1, -0.05) is 19.3 Å². The molecule has 2 fully saturated rings. The molecule has 1 aliphatic carbocycles. The van der Waals surface area contributed by atoms with Gasteiger partial charge in [-0.15, -0.1) is 0 Å². The molecule has 19 heavy (non-hydrogen) atoms. The fourth-order valence-corrected chi connectivity index (χ4v) is 3.64. The van der Waals surface area contributed by atoms with E-state index in [1.165, 1.54) is 44.9 Å². The molecule has 0 bridgehead atoms. The Bertz CT molecular complexity index is 416. The fourth-order valence-electron chi connectivity index (χ4n) is 3.64. The molecule has 0 atom stereocenters. The molecule has 104 valence electrons. The molecule has 0 amide bonds. The van der Waals surface area contributed by atoms with Crippen LogP contribution in [0.15, 0.2) is 12.4 Å². The number of aromatic nitrogens is 2. The molecule has 1 aromatic heterocycles. The van der Waals surface area contributed by atoms with Crippen molar-refractivity contribution in [2.24, 2.45) is 5.41 Å². The molecular formula is C15H24N4. The van der Waals surface area contributed by atoms with Crippen molar-refractivity contribution in [3.63, 3.8) is 0 Å². The highest BCUT2D eigenvalue weighted by Gasteiger charge is 2.35. The van der Waals surface area contributed by atoms with Crippen LogP contribution in [0.2, 0.25) is 0 Å². The number of hydrogen-bond acceptors (Lipinski definition) is 4. The normalized spacial score (nSPS) is 22.5. The van der Waals surface area contributed by atoms with Crippen molar-refractivity contribution in [2.75, 3.05) is 30.4 Å². The molecule has 2 aliphatic rings. The monoisotopic (exact) mass is 260 g/mol. The Hall–Kier alpha value is -1.32. The predicted octanol–water partition coefficient (Wildman–Crippen LogP) is 3.07. The first-order valence-electron chi connectivity index (χ1n) is 7.56. The summed E-state index contributed by atoms with van der Waals surface area (Å²) in [7, 11) is 1.89. The lowest BCUT2D eigenvalue weighted by Gasteiger charge is -2.44. The van der Waals surface area contributed by atoms with Crippen molar-refractivity contribution in [3.05, 3.63) is 12.4 Å². The van der Waals surface area contributed by atoms with Crippen molar-refractivity contribution >= 4 is 11.6 Å². The summed E-state index contributed by atoms with van der Waals surface area (Å²) in [5.41, 5.74) is 0.656. The van der Waals surface area contributed by atoms with Crippen molar-refractivity contribution in [1.82, 2.24) is 9.97 Å². The van der Waals surface area contributed by atoms with Crippen LogP contribution in [-0.4, -0.2) is 30.1 Å². The maximum atomic E-state index is 4.60. The largest absolute Gasteiger partial charge is 0.372 e. The van der Waals surface area contributed by atoms with E-state index in [1.54, 1.807) is 6.20 Å². The minimum atomic E-state index is 0.656. The average molecular weight is 260 g/mol. The summed E-state index contributed by atoms with van der Waals surface area (Å²) in [4.78, 5) is 11.3. The molecule has 4 nitrogen and oxygen atoms in total. The van der Waals surface area contributed by atoms with Crippen molar-refractivity contribution < 1.29 is 0 Å². The predicted molar refractivity (Wildman–Crippen MR) is 78.5 cm³/mol. The zero-order valence-corrected chi connectivity index (χ0v) is 11.9. The second kappa shape index (κ2) is 5.35. The van der Waals surface area contributed by atoms with Gasteiger partial charge in [0.15, 0.2) is 0 Å². The Balaban J connectivity index is 1.65. The van der Waals surface area contributed by atoms with E-state index < -0.39 is 0 Å². The zero-order chi connectivity index (χ0) is 13.1. The number of anilines is 2. The number of hydrogen-bond donors (Lipinski definition) is 1. The van der Waals surface area contributed by atoms with E-state index in [1.807, 2.05) is 13.2 Å². The number of rotatable bonds is 2. The summed E-state index contributed by atoms with van der Waals surface area (Å²) in [6.07, 6.45) is 13.5. The molecule has 1 spiro atoms. The van der Waals surface area contributed by atoms with Crippen LogP contribution in [0, 0.1) is 5.41 Å². The van der Waals surface area contributed by atoms with Crippen molar-refractivity contribution in [3.8, 4) is 0 Å². The molecule has 3 rings (SSSR count). The van der Waals surface area contributed by atoms with E-state index in [0.29, 0.717) is 5.41 Å². The van der Waals surface area contributed by atoms with Crippen LogP contribution >= 0.6 is 0 Å². The van der Waals surface area contributed by atoms with E-state index in [2.05, 4.69) is 20.2 Å². The Morgan fingerprint density at radius 1 is 1.05 bits per heavy atom. The van der Waals surface area contributed by atoms with Gasteiger partial charge in [-0.3, -0.25) is 4.98 Å². The Kier molecular flexibility index (Phi) is 3.58. The molecule has 1 saturated heterocycles. The first-order valence-corrected chi connectivity index (χ1v) is 7.56. The van der Waals surface area contributed by atoms with Gasteiger partial charge in [0.25, 0.3) is 0 Å². The summed E-state index contributed by atoms with van der Waals surface area (Å²) in [6.45, 7) is 2.28. The fraction of sp³-hybridized carbons (Fsp3) is 0.733. The number of nitrogens with zero attached hydrogens (tertiary/aromatic N) is 3. The van der Waals surface area contributed by atoms with Gasteiger partial charge >= 0.3 is 0 Å². The molecule has 0 aromatic carbocycles. The second-order valence-corrected chi connectivity index (χ2v) is 6.06. The lowest BCUT2D eigenvalue weighted by atomic mass is 9.68. The average Bonchev–Trinajstić information content (AvgIpc) is 2.49. The third-order valence-electron chi connectivity index (χ3n) is 4.94. The number of piperidine rings is 1. The number of nitrogens with one attached hydrogen (secondary N) is 1. The molecule has 4 heteroatoms. The Morgan fingerprint density at radius 2 is 1.79 bits per heavy atom. The van der Waals surface area contributed by atoms with E-state index in [9.17, 15) is 0 Å². The molecule has 2 heterocycles. The third kappa shape index (κ3) is 2.67. The van der Waals surface area contributed by atoms with Crippen LogP contribution in [-0.2, 0) is 0 Å². The highest BCUT2D eigenvalue weighted by Crippen LogP contribution is 2.44. The summed E-state index contributed by atoms with van der Waals surface area (Å²) in [5.74, 6) is 1.88. The zero-order valence-electron chi connectivity index (χ0n) is 11.9. The highest BCUT2D eigenvalue weighted by molar-refractivity contribution is 5.43. The molecule has 1 aromatic rings. The van der Waals surface area contributed by atoms with E-state index >= 15 is 0 Å². The van der Waals surface area contributed by atoms with Crippen LogP contribution in [0.5, 0.6) is 0 Å². The van der Waals surface area contributed by atoms with Crippen LogP contribution in [0.3, 0.4) is 0 Å². The van der Waals surface area contributed by atoms with Gasteiger partial charge in [0.1, 0.15) is 11.6 Å². The Morgan fingerprint density at radius 3 is 2.47 bits per heavy atom. The maximum absolute atomic E-state index is 4.60. The topological polar surface area (TPSA) is 41.1 Å². The molecule has 1 N–H and O–H groups in total. The summed E-state index contributed by atoms with van der Waals surface area (Å²) < 4.78 is 0. The van der Waals surface area contributed by atoms with Crippen LogP contribution in [0.1, 0.15) is 44.9 Å². The van der Waals surface area contributed by atoms with Gasteiger partial charge in [-0.2, -0.15) is 0 Å². The van der Waals surface area contributed by atoms with Gasteiger partial charge in [0.2, 0.25) is 0 Å². The van der Waals surface area contributed by atoms with E-state index in [-0.39, 0.29) is 0 Å². The minimum absolute atomic E-state index is 0.656.